The second kappa shape index (κ2) is 7.60. The summed E-state index contributed by atoms with van der Waals surface area (Å²) in [5.41, 5.74) is 3.13. The molecule has 0 fully saturated rings. The van der Waals surface area contributed by atoms with Crippen LogP contribution in [0.25, 0.3) is 11.0 Å². The van der Waals surface area contributed by atoms with E-state index in [0.29, 0.717) is 12.5 Å². The molecular weight excluding hydrogens is 341 g/mol. The van der Waals surface area contributed by atoms with Gasteiger partial charge >= 0.3 is 0 Å². The van der Waals surface area contributed by atoms with Gasteiger partial charge in [-0.1, -0.05) is 60.7 Å². The number of aliphatic hydroxyl groups is 1. The van der Waals surface area contributed by atoms with E-state index in [1.807, 2.05) is 59.2 Å². The summed E-state index contributed by atoms with van der Waals surface area (Å²) < 4.78 is 16.0. The van der Waals surface area contributed by atoms with Gasteiger partial charge in [-0.05, 0) is 23.8 Å². The summed E-state index contributed by atoms with van der Waals surface area (Å²) in [6, 6.07) is 24.1. The molecule has 0 aliphatic heterocycles. The van der Waals surface area contributed by atoms with Crippen LogP contribution in [0.3, 0.4) is 0 Å². The normalized spacial score (nSPS) is 12.2. The Kier molecular flexibility index (Phi) is 4.85. The minimum Gasteiger partial charge on any atom is -0.386 e. The van der Waals surface area contributed by atoms with Gasteiger partial charge in [0.15, 0.2) is 0 Å². The van der Waals surface area contributed by atoms with Crippen molar-refractivity contribution in [3.8, 4) is 0 Å². The molecule has 3 aromatic carbocycles. The molecule has 1 aromatic heterocycles. The van der Waals surface area contributed by atoms with Crippen molar-refractivity contribution in [1.29, 1.82) is 0 Å². The highest BCUT2D eigenvalue weighted by molar-refractivity contribution is 5.78. The summed E-state index contributed by atoms with van der Waals surface area (Å²) in [7, 11) is 0. The summed E-state index contributed by atoms with van der Waals surface area (Å²) in [5, 5.41) is 14.0. The second-order valence-corrected chi connectivity index (χ2v) is 6.41. The van der Waals surface area contributed by atoms with Crippen molar-refractivity contribution in [3.05, 3.63) is 95.8 Å². The number of hydrogen-bond donors (Lipinski definition) is 2. The maximum absolute atomic E-state index is 14.1. The summed E-state index contributed by atoms with van der Waals surface area (Å²) in [6.07, 6.45) is -0.971. The molecular formula is C22H20FN3O. The van der Waals surface area contributed by atoms with E-state index in [1.54, 1.807) is 18.2 Å². The number of halogens is 1. The number of rotatable bonds is 6. The number of nitrogens with one attached hydrogen (secondary N) is 1. The molecule has 0 aliphatic rings. The lowest BCUT2D eigenvalue weighted by molar-refractivity contribution is 0.154. The topological polar surface area (TPSA) is 50.1 Å². The van der Waals surface area contributed by atoms with Crippen LogP contribution >= 0.6 is 0 Å². The van der Waals surface area contributed by atoms with Crippen molar-refractivity contribution < 1.29 is 9.50 Å². The molecule has 4 rings (SSSR count). The van der Waals surface area contributed by atoms with E-state index >= 15 is 0 Å². The fraction of sp³-hybridized carbons (Fsp3) is 0.136. The highest BCUT2D eigenvalue weighted by Crippen LogP contribution is 2.25. The number of nitrogens with zero attached hydrogens (tertiary/aromatic N) is 2. The van der Waals surface area contributed by atoms with Crippen molar-refractivity contribution in [2.75, 3.05) is 5.32 Å². The van der Waals surface area contributed by atoms with Gasteiger partial charge in [0.1, 0.15) is 5.82 Å². The number of hydrogen-bond acceptors (Lipinski definition) is 3. The molecule has 0 radical (unpaired) electrons. The lowest BCUT2D eigenvalue weighted by atomic mass is 10.1. The van der Waals surface area contributed by atoms with Gasteiger partial charge in [-0.25, -0.2) is 9.37 Å². The minimum atomic E-state index is -0.971. The largest absolute Gasteiger partial charge is 0.386 e. The lowest BCUT2D eigenvalue weighted by Crippen LogP contribution is -2.13. The molecule has 136 valence electrons. The fourth-order valence-corrected chi connectivity index (χ4v) is 3.19. The molecule has 5 heteroatoms. The maximum atomic E-state index is 14.1. The zero-order valence-corrected chi connectivity index (χ0v) is 14.7. The molecule has 27 heavy (non-hydrogen) atoms. The zero-order valence-electron chi connectivity index (χ0n) is 14.7. The Hall–Kier alpha value is -3.18. The van der Waals surface area contributed by atoms with Gasteiger partial charge < -0.3 is 15.0 Å². The van der Waals surface area contributed by atoms with Crippen molar-refractivity contribution in [2.24, 2.45) is 0 Å². The van der Waals surface area contributed by atoms with Crippen LogP contribution in [-0.2, 0) is 13.1 Å². The molecule has 4 aromatic rings. The molecule has 0 spiro atoms. The minimum absolute atomic E-state index is 0.207. The first-order valence-electron chi connectivity index (χ1n) is 8.88. The van der Waals surface area contributed by atoms with E-state index in [-0.39, 0.29) is 12.1 Å². The van der Waals surface area contributed by atoms with Crippen molar-refractivity contribution in [2.45, 2.75) is 19.2 Å². The van der Waals surface area contributed by atoms with Gasteiger partial charge in [-0.3, -0.25) is 0 Å². The second-order valence-electron chi connectivity index (χ2n) is 6.41. The van der Waals surface area contributed by atoms with Crippen molar-refractivity contribution in [3.63, 3.8) is 0 Å². The average molecular weight is 361 g/mol. The van der Waals surface area contributed by atoms with Gasteiger partial charge in [0.25, 0.3) is 0 Å². The Balaban J connectivity index is 1.65. The van der Waals surface area contributed by atoms with E-state index in [9.17, 15) is 9.50 Å². The summed E-state index contributed by atoms with van der Waals surface area (Å²) >= 11 is 0. The predicted molar refractivity (Wildman–Crippen MR) is 105 cm³/mol. The van der Waals surface area contributed by atoms with Gasteiger partial charge in [-0.2, -0.15) is 0 Å². The highest BCUT2D eigenvalue weighted by Gasteiger charge is 2.17. The lowest BCUT2D eigenvalue weighted by Gasteiger charge is -2.16. The van der Waals surface area contributed by atoms with E-state index < -0.39 is 11.9 Å². The van der Waals surface area contributed by atoms with E-state index in [2.05, 4.69) is 10.3 Å². The molecule has 0 aliphatic carbocycles. The number of aliphatic hydroxyl groups excluding tert-OH is 1. The third-order valence-corrected chi connectivity index (χ3v) is 4.57. The van der Waals surface area contributed by atoms with Crippen LogP contribution < -0.4 is 5.32 Å². The van der Waals surface area contributed by atoms with Crippen LogP contribution in [0, 0.1) is 5.82 Å². The molecule has 1 atom stereocenters. The number of imidazole rings is 1. The standard InChI is InChI=1S/C22H20FN3O/c23-18-11-5-4-10-17(18)21(27)15-26-20-13-7-6-12-19(20)25-22(26)24-14-16-8-2-1-3-9-16/h1-13,21,27H,14-15H2,(H,24,25). The third-order valence-electron chi connectivity index (χ3n) is 4.57. The number of anilines is 1. The van der Waals surface area contributed by atoms with E-state index in [4.69, 9.17) is 0 Å². The molecule has 1 heterocycles. The van der Waals surface area contributed by atoms with E-state index in [0.717, 1.165) is 16.6 Å². The fourth-order valence-electron chi connectivity index (χ4n) is 3.19. The van der Waals surface area contributed by atoms with Gasteiger partial charge in [0.2, 0.25) is 5.95 Å². The Morgan fingerprint density at radius 3 is 2.44 bits per heavy atom. The van der Waals surface area contributed by atoms with Crippen LogP contribution in [0.4, 0.5) is 10.3 Å². The first kappa shape index (κ1) is 17.2. The SMILES string of the molecule is OC(Cn1c(NCc2ccccc2)nc2ccccc21)c1ccccc1F. The van der Waals surface area contributed by atoms with Gasteiger partial charge in [0, 0.05) is 12.1 Å². The molecule has 0 saturated heterocycles. The number of fused-ring (bicyclic) bond motifs is 1. The number of para-hydroxylation sites is 2. The molecule has 1 unspecified atom stereocenters. The Bertz CT molecular complexity index is 1050. The smallest absolute Gasteiger partial charge is 0.204 e. The molecule has 0 saturated carbocycles. The van der Waals surface area contributed by atoms with E-state index in [1.165, 1.54) is 6.07 Å². The summed E-state index contributed by atoms with van der Waals surface area (Å²) in [6.45, 7) is 0.818. The van der Waals surface area contributed by atoms with Crippen LogP contribution in [0.2, 0.25) is 0 Å². The molecule has 0 amide bonds. The van der Waals surface area contributed by atoms with Gasteiger partial charge in [0.05, 0.1) is 23.7 Å². The van der Waals surface area contributed by atoms with Crippen molar-refractivity contribution >= 4 is 17.0 Å². The van der Waals surface area contributed by atoms with Gasteiger partial charge in [-0.15, -0.1) is 0 Å². The van der Waals surface area contributed by atoms with Crippen molar-refractivity contribution in [1.82, 2.24) is 9.55 Å². The molecule has 4 nitrogen and oxygen atoms in total. The zero-order chi connectivity index (χ0) is 18.6. The number of benzene rings is 3. The van der Waals surface area contributed by atoms with Crippen LogP contribution in [0.15, 0.2) is 78.9 Å². The monoisotopic (exact) mass is 361 g/mol. The average Bonchev–Trinajstić information content (AvgIpc) is 3.05. The molecule has 0 bridgehead atoms. The quantitative estimate of drug-likeness (QED) is 0.531. The summed E-state index contributed by atoms with van der Waals surface area (Å²) in [5.74, 6) is 0.239. The molecule has 2 N–H and O–H groups in total. The first-order valence-corrected chi connectivity index (χ1v) is 8.88. The third kappa shape index (κ3) is 3.68. The summed E-state index contributed by atoms with van der Waals surface area (Å²) in [4.78, 5) is 4.64. The predicted octanol–water partition coefficient (Wildman–Crippen LogP) is 4.52. The Labute approximate surface area is 156 Å². The number of aromatic nitrogens is 2. The Morgan fingerprint density at radius 2 is 1.63 bits per heavy atom. The van der Waals surface area contributed by atoms with Crippen LogP contribution in [-0.4, -0.2) is 14.7 Å². The van der Waals surface area contributed by atoms with Crippen LogP contribution in [0.1, 0.15) is 17.2 Å². The maximum Gasteiger partial charge on any atom is 0.204 e. The van der Waals surface area contributed by atoms with Crippen LogP contribution in [0.5, 0.6) is 0 Å². The first-order chi connectivity index (χ1) is 13.2. The highest BCUT2D eigenvalue weighted by atomic mass is 19.1. The Morgan fingerprint density at radius 1 is 0.926 bits per heavy atom.